The van der Waals surface area contributed by atoms with Crippen molar-refractivity contribution in [2.45, 2.75) is 11.8 Å². The first-order valence-electron chi connectivity index (χ1n) is 6.19. The van der Waals surface area contributed by atoms with Gasteiger partial charge in [0.2, 0.25) is 0 Å². The van der Waals surface area contributed by atoms with Crippen LogP contribution in [0.5, 0.6) is 0 Å². The molecule has 1 unspecified atom stereocenters. The Balaban J connectivity index is 1.84. The zero-order valence-corrected chi connectivity index (χ0v) is 12.0. The summed E-state index contributed by atoms with van der Waals surface area (Å²) in [6.45, 7) is 0. The molecule has 1 heterocycles. The maximum Gasteiger partial charge on any atom is 0.124 e. The standard InChI is InChI=1S/C16H11ClF2S/c17-14(7-10-1-4-12(18)5-2-10)16-8-11-3-6-13(19)9-15(11)20-16/h1-6,8-9,14H,7H2. The molecule has 0 aliphatic rings. The van der Waals surface area contributed by atoms with Gasteiger partial charge in [0.25, 0.3) is 0 Å². The van der Waals surface area contributed by atoms with Gasteiger partial charge >= 0.3 is 0 Å². The molecule has 1 atom stereocenters. The lowest BCUT2D eigenvalue weighted by Gasteiger charge is -2.06. The lowest BCUT2D eigenvalue weighted by Crippen LogP contribution is -1.93. The van der Waals surface area contributed by atoms with Crippen LogP contribution in [0.2, 0.25) is 0 Å². The van der Waals surface area contributed by atoms with Crippen LogP contribution in [0.4, 0.5) is 8.78 Å². The molecule has 0 amide bonds. The second-order valence-corrected chi connectivity index (χ2v) is 6.27. The second kappa shape index (κ2) is 5.51. The summed E-state index contributed by atoms with van der Waals surface area (Å²) in [5.74, 6) is -0.493. The van der Waals surface area contributed by atoms with E-state index in [-0.39, 0.29) is 17.0 Å². The molecule has 20 heavy (non-hydrogen) atoms. The SMILES string of the molecule is Fc1ccc(CC(Cl)c2cc3ccc(F)cc3s2)cc1. The van der Waals surface area contributed by atoms with Gasteiger partial charge < -0.3 is 0 Å². The monoisotopic (exact) mass is 308 g/mol. The van der Waals surface area contributed by atoms with E-state index < -0.39 is 0 Å². The van der Waals surface area contributed by atoms with Crippen molar-refractivity contribution >= 4 is 33.0 Å². The van der Waals surface area contributed by atoms with Crippen molar-refractivity contribution in [2.24, 2.45) is 0 Å². The maximum absolute atomic E-state index is 13.2. The summed E-state index contributed by atoms with van der Waals surface area (Å²) in [6, 6.07) is 13.0. The van der Waals surface area contributed by atoms with E-state index in [1.807, 2.05) is 6.07 Å². The van der Waals surface area contributed by atoms with Crippen molar-refractivity contribution < 1.29 is 8.78 Å². The molecular weight excluding hydrogens is 298 g/mol. The zero-order valence-electron chi connectivity index (χ0n) is 10.4. The number of thiophene rings is 1. The summed E-state index contributed by atoms with van der Waals surface area (Å²) >= 11 is 7.91. The van der Waals surface area contributed by atoms with Crippen molar-refractivity contribution in [3.63, 3.8) is 0 Å². The number of halogens is 3. The first-order chi connectivity index (χ1) is 9.61. The quantitative estimate of drug-likeness (QED) is 0.544. The average molecular weight is 309 g/mol. The van der Waals surface area contributed by atoms with Crippen LogP contribution in [0.1, 0.15) is 15.8 Å². The van der Waals surface area contributed by atoms with Gasteiger partial charge in [-0.3, -0.25) is 0 Å². The molecule has 0 saturated heterocycles. The second-order valence-electron chi connectivity index (χ2n) is 4.63. The lowest BCUT2D eigenvalue weighted by molar-refractivity contribution is 0.627. The van der Waals surface area contributed by atoms with Crippen molar-refractivity contribution in [2.75, 3.05) is 0 Å². The molecule has 1 aromatic heterocycles. The van der Waals surface area contributed by atoms with Gasteiger partial charge in [-0.25, -0.2) is 8.78 Å². The van der Waals surface area contributed by atoms with Gasteiger partial charge in [0.05, 0.1) is 5.38 Å². The van der Waals surface area contributed by atoms with Crippen molar-refractivity contribution in [1.29, 1.82) is 0 Å². The highest BCUT2D eigenvalue weighted by Crippen LogP contribution is 2.35. The predicted octanol–water partition coefficient (Wildman–Crippen LogP) is 5.70. The zero-order chi connectivity index (χ0) is 14.1. The summed E-state index contributed by atoms with van der Waals surface area (Å²) in [6.07, 6.45) is 0.622. The molecule has 4 heteroatoms. The largest absolute Gasteiger partial charge is 0.207 e. The van der Waals surface area contributed by atoms with Gasteiger partial charge in [-0.15, -0.1) is 22.9 Å². The number of hydrogen-bond donors (Lipinski definition) is 0. The third kappa shape index (κ3) is 2.84. The normalized spacial score (nSPS) is 12.8. The minimum atomic E-state index is -0.253. The lowest BCUT2D eigenvalue weighted by atomic mass is 10.1. The maximum atomic E-state index is 13.2. The van der Waals surface area contributed by atoms with Crippen LogP contribution in [0, 0.1) is 11.6 Å². The Morgan fingerprint density at radius 2 is 1.65 bits per heavy atom. The minimum Gasteiger partial charge on any atom is -0.207 e. The van der Waals surface area contributed by atoms with Crippen molar-refractivity contribution in [3.8, 4) is 0 Å². The summed E-state index contributed by atoms with van der Waals surface area (Å²) < 4.78 is 26.9. The number of hydrogen-bond acceptors (Lipinski definition) is 1. The van der Waals surface area contributed by atoms with E-state index in [4.69, 9.17) is 11.6 Å². The average Bonchev–Trinajstić information content (AvgIpc) is 2.84. The molecular formula is C16H11ClF2S. The van der Waals surface area contributed by atoms with Crippen LogP contribution in [-0.4, -0.2) is 0 Å². The van der Waals surface area contributed by atoms with E-state index >= 15 is 0 Å². The molecule has 0 nitrogen and oxygen atoms in total. The third-order valence-electron chi connectivity index (χ3n) is 3.14. The molecule has 0 spiro atoms. The molecule has 0 bridgehead atoms. The van der Waals surface area contributed by atoms with Gasteiger partial charge in [-0.1, -0.05) is 18.2 Å². The highest BCUT2D eigenvalue weighted by Gasteiger charge is 2.13. The van der Waals surface area contributed by atoms with Gasteiger partial charge in [0, 0.05) is 9.58 Å². The van der Waals surface area contributed by atoms with E-state index in [9.17, 15) is 8.78 Å². The summed E-state index contributed by atoms with van der Waals surface area (Å²) in [7, 11) is 0. The molecule has 0 saturated carbocycles. The Morgan fingerprint density at radius 1 is 0.950 bits per heavy atom. The van der Waals surface area contributed by atoms with E-state index in [2.05, 4.69) is 0 Å². The molecule has 102 valence electrons. The molecule has 3 aromatic rings. The first kappa shape index (κ1) is 13.5. The van der Waals surface area contributed by atoms with Crippen molar-refractivity contribution in [3.05, 3.63) is 70.6 Å². The van der Waals surface area contributed by atoms with E-state index in [1.54, 1.807) is 18.2 Å². The Kier molecular flexibility index (Phi) is 3.72. The third-order valence-corrected chi connectivity index (χ3v) is 4.87. The van der Waals surface area contributed by atoms with Gasteiger partial charge in [0.15, 0.2) is 0 Å². The van der Waals surface area contributed by atoms with Gasteiger partial charge in [0.1, 0.15) is 11.6 Å². The topological polar surface area (TPSA) is 0 Å². The van der Waals surface area contributed by atoms with Gasteiger partial charge in [-0.05, 0) is 47.7 Å². The fourth-order valence-electron chi connectivity index (χ4n) is 2.11. The molecule has 0 fully saturated rings. The first-order valence-corrected chi connectivity index (χ1v) is 7.44. The Hall–Kier alpha value is -1.45. The smallest absolute Gasteiger partial charge is 0.124 e. The molecule has 0 aliphatic carbocycles. The summed E-state index contributed by atoms with van der Waals surface area (Å²) in [5, 5.41) is 0.803. The van der Waals surface area contributed by atoms with E-state index in [1.165, 1.54) is 35.6 Å². The number of alkyl halides is 1. The summed E-state index contributed by atoms with van der Waals surface area (Å²) in [4.78, 5) is 0.997. The van der Waals surface area contributed by atoms with Crippen LogP contribution < -0.4 is 0 Å². The number of rotatable bonds is 3. The Bertz CT molecular complexity index is 734. The molecule has 3 rings (SSSR count). The van der Waals surface area contributed by atoms with Crippen LogP contribution in [-0.2, 0) is 6.42 Å². The molecule has 2 aromatic carbocycles. The van der Waals surface area contributed by atoms with Crippen LogP contribution >= 0.6 is 22.9 Å². The van der Waals surface area contributed by atoms with Crippen molar-refractivity contribution in [1.82, 2.24) is 0 Å². The summed E-state index contributed by atoms with van der Waals surface area (Å²) in [5.41, 5.74) is 0.982. The molecule has 0 N–H and O–H groups in total. The van der Waals surface area contributed by atoms with E-state index in [0.29, 0.717) is 6.42 Å². The Morgan fingerprint density at radius 3 is 2.40 bits per heavy atom. The Labute approximate surface area is 124 Å². The highest BCUT2D eigenvalue weighted by molar-refractivity contribution is 7.19. The number of benzene rings is 2. The predicted molar refractivity (Wildman–Crippen MR) is 80.5 cm³/mol. The van der Waals surface area contributed by atoms with Crippen LogP contribution in [0.25, 0.3) is 10.1 Å². The van der Waals surface area contributed by atoms with Gasteiger partial charge in [-0.2, -0.15) is 0 Å². The van der Waals surface area contributed by atoms with Crippen LogP contribution in [0.15, 0.2) is 48.5 Å². The fourth-order valence-corrected chi connectivity index (χ4v) is 3.55. The highest BCUT2D eigenvalue weighted by atomic mass is 35.5. The van der Waals surface area contributed by atoms with E-state index in [0.717, 1.165) is 20.5 Å². The molecule has 0 radical (unpaired) electrons. The minimum absolute atomic E-state index is 0.194. The molecule has 0 aliphatic heterocycles. The number of fused-ring (bicyclic) bond motifs is 1. The fraction of sp³-hybridized carbons (Fsp3) is 0.125. The van der Waals surface area contributed by atoms with Crippen LogP contribution in [0.3, 0.4) is 0 Å².